The molecule has 0 atom stereocenters. The molecule has 1 aromatic rings. The first-order chi connectivity index (χ1) is 8.43. The fourth-order valence-electron chi connectivity index (χ4n) is 2.26. The molecule has 0 amide bonds. The first-order valence-electron chi connectivity index (χ1n) is 6.15. The van der Waals surface area contributed by atoms with Crippen molar-refractivity contribution in [2.75, 3.05) is 44.3 Å². The highest BCUT2D eigenvalue weighted by Gasteiger charge is 2.13. The Bertz CT molecular complexity index is 424. The van der Waals surface area contributed by atoms with Gasteiger partial charge in [-0.15, -0.1) is 0 Å². The van der Waals surface area contributed by atoms with E-state index in [1.165, 1.54) is 11.3 Å². The molecule has 1 aromatic carbocycles. The maximum atomic E-state index is 5.37. The Kier molecular flexibility index (Phi) is 2.96. The quantitative estimate of drug-likeness (QED) is 0.820. The van der Waals surface area contributed by atoms with Gasteiger partial charge in [-0.3, -0.25) is 4.99 Å². The number of nitrogens with one attached hydrogen (secondary N) is 1. The lowest BCUT2D eigenvalue weighted by atomic mass is 10.1. The van der Waals surface area contributed by atoms with Crippen molar-refractivity contribution in [2.45, 2.75) is 0 Å². The van der Waals surface area contributed by atoms with Gasteiger partial charge in [-0.1, -0.05) is 12.1 Å². The van der Waals surface area contributed by atoms with Gasteiger partial charge < -0.3 is 15.0 Å². The van der Waals surface area contributed by atoms with Crippen LogP contribution in [0.15, 0.2) is 29.3 Å². The van der Waals surface area contributed by atoms with Gasteiger partial charge in [0.1, 0.15) is 5.84 Å². The lowest BCUT2D eigenvalue weighted by Gasteiger charge is -2.29. The highest BCUT2D eigenvalue weighted by Crippen LogP contribution is 2.18. The van der Waals surface area contributed by atoms with Gasteiger partial charge in [0.05, 0.1) is 19.8 Å². The summed E-state index contributed by atoms with van der Waals surface area (Å²) >= 11 is 0. The zero-order valence-electron chi connectivity index (χ0n) is 9.85. The minimum atomic E-state index is 0.823. The van der Waals surface area contributed by atoms with E-state index in [9.17, 15) is 0 Å². The summed E-state index contributed by atoms with van der Waals surface area (Å²) in [6.07, 6.45) is 0. The van der Waals surface area contributed by atoms with Gasteiger partial charge in [0.25, 0.3) is 0 Å². The molecule has 0 saturated carbocycles. The van der Waals surface area contributed by atoms with Crippen molar-refractivity contribution in [1.29, 1.82) is 0 Å². The third kappa shape index (κ3) is 2.26. The Morgan fingerprint density at radius 1 is 1.24 bits per heavy atom. The van der Waals surface area contributed by atoms with Crippen LogP contribution in [0.3, 0.4) is 0 Å². The van der Waals surface area contributed by atoms with Gasteiger partial charge in [0, 0.05) is 30.9 Å². The van der Waals surface area contributed by atoms with Crippen LogP contribution in [0, 0.1) is 0 Å². The molecule has 3 rings (SSSR count). The minimum absolute atomic E-state index is 0.823. The number of amidine groups is 1. The molecule has 1 fully saturated rings. The van der Waals surface area contributed by atoms with E-state index in [2.05, 4.69) is 39.5 Å². The van der Waals surface area contributed by atoms with Crippen LogP contribution >= 0.6 is 0 Å². The second-order valence-electron chi connectivity index (χ2n) is 4.31. The second kappa shape index (κ2) is 4.75. The summed E-state index contributed by atoms with van der Waals surface area (Å²) in [5, 5.41) is 3.31. The number of nitrogens with zero attached hydrogens (tertiary/aromatic N) is 2. The molecule has 2 aliphatic rings. The molecule has 2 aliphatic heterocycles. The minimum Gasteiger partial charge on any atom is -0.378 e. The van der Waals surface area contributed by atoms with Crippen LogP contribution in [-0.2, 0) is 4.74 Å². The van der Waals surface area contributed by atoms with Gasteiger partial charge in [-0.2, -0.15) is 0 Å². The lowest BCUT2D eigenvalue weighted by molar-refractivity contribution is 0.122. The van der Waals surface area contributed by atoms with Crippen molar-refractivity contribution in [3.63, 3.8) is 0 Å². The predicted molar refractivity (Wildman–Crippen MR) is 68.9 cm³/mol. The van der Waals surface area contributed by atoms with Crippen molar-refractivity contribution in [3.8, 4) is 0 Å². The van der Waals surface area contributed by atoms with Gasteiger partial charge in [0.2, 0.25) is 0 Å². The first-order valence-corrected chi connectivity index (χ1v) is 6.15. The van der Waals surface area contributed by atoms with E-state index in [4.69, 9.17) is 4.74 Å². The van der Waals surface area contributed by atoms with Gasteiger partial charge in [0.15, 0.2) is 0 Å². The van der Waals surface area contributed by atoms with Gasteiger partial charge >= 0.3 is 0 Å². The maximum Gasteiger partial charge on any atom is 0.128 e. The lowest BCUT2D eigenvalue weighted by Crippen LogP contribution is -2.36. The van der Waals surface area contributed by atoms with Gasteiger partial charge in [-0.05, 0) is 12.1 Å². The summed E-state index contributed by atoms with van der Waals surface area (Å²) in [6.45, 7) is 5.44. The van der Waals surface area contributed by atoms with E-state index in [1.54, 1.807) is 0 Å². The Hall–Kier alpha value is -1.55. The third-order valence-corrected chi connectivity index (χ3v) is 3.17. The van der Waals surface area contributed by atoms with E-state index < -0.39 is 0 Å². The number of morpholine rings is 1. The highest BCUT2D eigenvalue weighted by atomic mass is 16.5. The molecule has 1 saturated heterocycles. The molecule has 2 heterocycles. The number of benzene rings is 1. The predicted octanol–water partition coefficient (Wildman–Crippen LogP) is 0.873. The smallest absolute Gasteiger partial charge is 0.128 e. The zero-order valence-corrected chi connectivity index (χ0v) is 9.85. The molecule has 0 spiro atoms. The van der Waals surface area contributed by atoms with E-state index in [0.29, 0.717) is 0 Å². The Morgan fingerprint density at radius 3 is 2.88 bits per heavy atom. The van der Waals surface area contributed by atoms with Gasteiger partial charge in [-0.25, -0.2) is 0 Å². The Morgan fingerprint density at radius 2 is 2.12 bits per heavy atom. The monoisotopic (exact) mass is 231 g/mol. The average Bonchev–Trinajstić information content (AvgIpc) is 2.94. The van der Waals surface area contributed by atoms with Crippen LogP contribution in [0.4, 0.5) is 5.69 Å². The number of anilines is 1. The summed E-state index contributed by atoms with van der Waals surface area (Å²) in [7, 11) is 0. The molecular formula is C13H17N3O. The maximum absolute atomic E-state index is 5.37. The molecule has 0 aromatic heterocycles. The topological polar surface area (TPSA) is 36.9 Å². The fraction of sp³-hybridized carbons (Fsp3) is 0.462. The molecule has 17 heavy (non-hydrogen) atoms. The van der Waals surface area contributed by atoms with Crippen molar-refractivity contribution >= 4 is 11.5 Å². The summed E-state index contributed by atoms with van der Waals surface area (Å²) in [6, 6.07) is 8.58. The normalized spacial score (nSPS) is 20.0. The molecular weight excluding hydrogens is 214 g/mol. The SMILES string of the molecule is c1cc(C2=NCCN2)cc(N2CCOCC2)c1. The molecule has 0 aliphatic carbocycles. The van der Waals surface area contributed by atoms with E-state index in [-0.39, 0.29) is 0 Å². The number of ether oxygens (including phenoxy) is 1. The van der Waals surface area contributed by atoms with Crippen LogP contribution in [0.5, 0.6) is 0 Å². The van der Waals surface area contributed by atoms with E-state index >= 15 is 0 Å². The number of aliphatic imine (C=N–C) groups is 1. The van der Waals surface area contributed by atoms with Crippen LogP contribution in [-0.4, -0.2) is 45.2 Å². The summed E-state index contributed by atoms with van der Waals surface area (Å²) in [5.74, 6) is 1.03. The summed E-state index contributed by atoms with van der Waals surface area (Å²) < 4.78 is 5.37. The second-order valence-corrected chi connectivity index (χ2v) is 4.31. The molecule has 0 unspecified atom stereocenters. The molecule has 90 valence electrons. The third-order valence-electron chi connectivity index (χ3n) is 3.17. The molecule has 1 N–H and O–H groups in total. The van der Waals surface area contributed by atoms with Crippen LogP contribution in [0.2, 0.25) is 0 Å². The molecule has 0 radical (unpaired) electrons. The molecule has 4 heteroatoms. The number of hydrogen-bond acceptors (Lipinski definition) is 4. The average molecular weight is 231 g/mol. The Labute approximate surface area is 101 Å². The van der Waals surface area contributed by atoms with Crippen LogP contribution in [0.1, 0.15) is 5.56 Å². The van der Waals surface area contributed by atoms with Crippen molar-refractivity contribution in [2.24, 2.45) is 4.99 Å². The van der Waals surface area contributed by atoms with Crippen molar-refractivity contribution in [1.82, 2.24) is 5.32 Å². The largest absolute Gasteiger partial charge is 0.378 e. The standard InChI is InChI=1S/C13H17N3O/c1-2-11(13-14-4-5-15-13)10-12(3-1)16-6-8-17-9-7-16/h1-3,10H,4-9H2,(H,14,15). The molecule has 4 nitrogen and oxygen atoms in total. The fourth-order valence-corrected chi connectivity index (χ4v) is 2.26. The number of rotatable bonds is 2. The summed E-state index contributed by atoms with van der Waals surface area (Å²) in [5.41, 5.74) is 2.45. The van der Waals surface area contributed by atoms with E-state index in [0.717, 1.165) is 45.2 Å². The van der Waals surface area contributed by atoms with Crippen molar-refractivity contribution in [3.05, 3.63) is 29.8 Å². The summed E-state index contributed by atoms with van der Waals surface area (Å²) in [4.78, 5) is 6.82. The zero-order chi connectivity index (χ0) is 11.5. The highest BCUT2D eigenvalue weighted by molar-refractivity contribution is 6.00. The van der Waals surface area contributed by atoms with Crippen LogP contribution < -0.4 is 10.2 Å². The first kappa shape index (κ1) is 10.6. The van der Waals surface area contributed by atoms with E-state index in [1.807, 2.05) is 0 Å². The molecule has 0 bridgehead atoms. The Balaban J connectivity index is 1.82. The van der Waals surface area contributed by atoms with Crippen molar-refractivity contribution < 1.29 is 4.74 Å². The number of hydrogen-bond donors (Lipinski definition) is 1. The van der Waals surface area contributed by atoms with Crippen LogP contribution in [0.25, 0.3) is 0 Å².